The maximum absolute atomic E-state index is 13.8. The molecule has 6 aromatic rings. The first-order chi connectivity index (χ1) is 32.8. The van der Waals surface area contributed by atoms with Crippen molar-refractivity contribution in [2.24, 2.45) is 9.98 Å². The maximum atomic E-state index is 13.8. The molecule has 0 fully saturated rings. The number of hydrogen-bond acceptors (Lipinski definition) is 15. The van der Waals surface area contributed by atoms with Crippen LogP contribution in [0.2, 0.25) is 10.0 Å². The van der Waals surface area contributed by atoms with Crippen LogP contribution in [0.4, 0.5) is 0 Å². The van der Waals surface area contributed by atoms with Gasteiger partial charge in [-0.15, -0.1) is 43.1 Å². The van der Waals surface area contributed by atoms with Crippen LogP contribution < -0.4 is 0 Å². The summed E-state index contributed by atoms with van der Waals surface area (Å²) in [5.74, 6) is 2.17. The maximum Gasteiger partial charge on any atom is 0.308 e. The van der Waals surface area contributed by atoms with E-state index in [1.54, 1.807) is 23.5 Å². The summed E-state index contributed by atoms with van der Waals surface area (Å²) < 4.78 is 26.2. The average molecular weight is 1000 g/mol. The molecule has 15 nitrogen and oxygen atoms in total. The molecule has 0 N–H and O–H groups in total. The highest BCUT2D eigenvalue weighted by molar-refractivity contribution is 7.17. The van der Waals surface area contributed by atoms with Gasteiger partial charge in [0.1, 0.15) is 39.5 Å². The summed E-state index contributed by atoms with van der Waals surface area (Å²) in [6.07, 6.45) is 1.92. The van der Waals surface area contributed by atoms with Crippen LogP contribution in [0.3, 0.4) is 0 Å². The second-order valence-electron chi connectivity index (χ2n) is 16.6. The van der Waals surface area contributed by atoms with Crippen molar-refractivity contribution in [1.29, 1.82) is 0 Å². The topological polar surface area (TPSA) is 174 Å². The van der Waals surface area contributed by atoms with Crippen molar-refractivity contribution in [2.45, 2.75) is 85.2 Å². The number of nitrogens with zero attached hydrogens (tertiary/aromatic N) is 8. The number of ether oxygens (including phenoxy) is 4. The number of carbonyl (C=O) groups is 3. The van der Waals surface area contributed by atoms with Gasteiger partial charge in [-0.25, -0.2) is 0 Å². The van der Waals surface area contributed by atoms with E-state index in [1.165, 1.54) is 23.3 Å². The second-order valence-corrected chi connectivity index (χ2v) is 19.6. The van der Waals surface area contributed by atoms with Gasteiger partial charge in [0.25, 0.3) is 0 Å². The highest BCUT2D eigenvalue weighted by atomic mass is 35.5. The molecule has 19 heteroatoms. The minimum atomic E-state index is -0.653. The fourth-order valence-electron chi connectivity index (χ4n) is 8.34. The number of hydrogen-bond donors (Lipinski definition) is 0. The fraction of sp³-hybridized carbons (Fsp3) is 0.408. The van der Waals surface area contributed by atoms with E-state index in [4.69, 9.17) is 52.1 Å². The number of fused-ring (bicyclic) bond motifs is 6. The molecular weight excluding hydrogens is 948 g/mol. The van der Waals surface area contributed by atoms with Crippen LogP contribution in [0.25, 0.3) is 10.0 Å². The summed E-state index contributed by atoms with van der Waals surface area (Å²) in [6.45, 7) is 12.2. The molecule has 2 aliphatic heterocycles. The van der Waals surface area contributed by atoms with Crippen molar-refractivity contribution < 1.29 is 33.3 Å². The summed E-state index contributed by atoms with van der Waals surface area (Å²) in [6, 6.07) is 13.8. The number of aryl methyl sites for hydroxylation is 3. The van der Waals surface area contributed by atoms with E-state index in [0.717, 1.165) is 54.9 Å². The molecule has 8 rings (SSSR count). The minimum absolute atomic E-state index is 0.00355. The van der Waals surface area contributed by atoms with Crippen molar-refractivity contribution in [3.8, 4) is 10.0 Å². The number of Topliss-reactive ketones (excluding diaryl/α,β-unsaturated/α-hetero) is 2. The van der Waals surface area contributed by atoms with Gasteiger partial charge < -0.3 is 18.9 Å². The normalized spacial score (nSPS) is 15.1. The largest absolute Gasteiger partial charge is 0.469 e. The molecule has 2 atom stereocenters. The highest BCUT2D eigenvalue weighted by Crippen LogP contribution is 2.42. The predicted octanol–water partition coefficient (Wildman–Crippen LogP) is 9.62. The van der Waals surface area contributed by atoms with Crippen LogP contribution in [-0.2, 0) is 28.5 Å². The van der Waals surface area contributed by atoms with Crippen molar-refractivity contribution in [1.82, 2.24) is 29.5 Å². The Morgan fingerprint density at radius 3 is 1.60 bits per heavy atom. The zero-order valence-electron chi connectivity index (χ0n) is 38.8. The van der Waals surface area contributed by atoms with Crippen molar-refractivity contribution in [3.05, 3.63) is 125 Å². The van der Waals surface area contributed by atoms with Gasteiger partial charge in [0.2, 0.25) is 0 Å². The lowest BCUT2D eigenvalue weighted by Gasteiger charge is -2.12. The zero-order chi connectivity index (χ0) is 48.1. The quantitative estimate of drug-likeness (QED) is 0.0382. The summed E-state index contributed by atoms with van der Waals surface area (Å²) >= 11 is 15.5. The minimum Gasteiger partial charge on any atom is -0.469 e. The van der Waals surface area contributed by atoms with Gasteiger partial charge in [-0.05, 0) is 82.9 Å². The molecule has 4 aromatic heterocycles. The van der Waals surface area contributed by atoms with Gasteiger partial charge in [-0.2, -0.15) is 0 Å². The smallest absolute Gasteiger partial charge is 0.308 e. The standard InChI is InChI=1S/C49H52Cl2N8O7S2/c1-27-29(3)67-48-41(27)43(32-11-15-34(50)16-12-32)52-37(46-56-54-30(4)58(46)48)25-36(60)9-7-19-64-21-23-66-24-22-65-20-8-10-39(61)45-28(2)42-44(33-13-17-35(51)18-14-33)53-38(26-40(62)63-6)47-57-55-31(5)59(47)49(42)68-45/h11-18,37-38H,7-10,19-26H2,1-6H3. The molecule has 0 radical (unpaired) electrons. The Bertz CT molecular complexity index is 2880. The third-order valence-corrected chi connectivity index (χ3v) is 14.9. The number of rotatable bonds is 21. The molecule has 0 saturated carbocycles. The van der Waals surface area contributed by atoms with Gasteiger partial charge in [0.15, 0.2) is 17.4 Å². The Morgan fingerprint density at radius 2 is 1.07 bits per heavy atom. The van der Waals surface area contributed by atoms with Crippen LogP contribution in [0.1, 0.15) is 122 Å². The Kier molecular flexibility index (Phi) is 15.9. The molecule has 0 aliphatic carbocycles. The Morgan fingerprint density at radius 1 is 0.603 bits per heavy atom. The molecule has 6 heterocycles. The van der Waals surface area contributed by atoms with Crippen LogP contribution in [0.5, 0.6) is 0 Å². The lowest BCUT2D eigenvalue weighted by Crippen LogP contribution is -2.13. The number of benzene rings is 2. The summed E-state index contributed by atoms with van der Waals surface area (Å²) in [7, 11) is 1.34. The Labute approximate surface area is 412 Å². The van der Waals surface area contributed by atoms with Gasteiger partial charge in [-0.1, -0.05) is 47.5 Å². The van der Waals surface area contributed by atoms with Crippen molar-refractivity contribution in [3.63, 3.8) is 0 Å². The molecule has 0 bridgehead atoms. The van der Waals surface area contributed by atoms with E-state index in [0.29, 0.717) is 103 Å². The third-order valence-electron chi connectivity index (χ3n) is 11.9. The molecule has 0 amide bonds. The number of esters is 1. The lowest BCUT2D eigenvalue weighted by molar-refractivity contribution is -0.141. The summed E-state index contributed by atoms with van der Waals surface area (Å²) in [4.78, 5) is 51.7. The third kappa shape index (κ3) is 10.6. The number of methoxy groups -OCH3 is 1. The summed E-state index contributed by atoms with van der Waals surface area (Å²) in [5.41, 5.74) is 6.94. The van der Waals surface area contributed by atoms with E-state index in [1.807, 2.05) is 61.7 Å². The zero-order valence-corrected chi connectivity index (χ0v) is 41.9. The van der Waals surface area contributed by atoms with Crippen LogP contribution >= 0.6 is 45.9 Å². The number of thiophene rings is 2. The average Bonchev–Trinajstić information content (AvgIpc) is 4.03. The van der Waals surface area contributed by atoms with Gasteiger partial charge in [-0.3, -0.25) is 33.5 Å². The number of ketones is 2. The Hall–Kier alpha value is -5.27. The number of carbonyl (C=O) groups excluding carboxylic acids is 3. The molecule has 2 unspecified atom stereocenters. The Balaban J connectivity index is 0.769. The predicted molar refractivity (Wildman–Crippen MR) is 263 cm³/mol. The van der Waals surface area contributed by atoms with E-state index in [-0.39, 0.29) is 24.4 Å². The first-order valence-electron chi connectivity index (χ1n) is 22.5. The van der Waals surface area contributed by atoms with Gasteiger partial charge in [0, 0.05) is 69.7 Å². The molecule has 2 aliphatic rings. The van der Waals surface area contributed by atoms with E-state index in [9.17, 15) is 14.4 Å². The SMILES string of the molecule is COC(=O)CC1N=C(c2ccc(Cl)cc2)c2c(sc(C(=O)CCCOCCOCCOCCCC(=O)CC3N=C(c4ccc(Cl)cc4)c4c(sc(C)c4C)-n4c(C)nnc43)c2C)-n2c(C)nnc21. The van der Waals surface area contributed by atoms with Gasteiger partial charge in [0.05, 0.1) is 56.3 Å². The molecule has 2 aromatic carbocycles. The molecule has 0 spiro atoms. The van der Waals surface area contributed by atoms with Crippen molar-refractivity contribution >= 4 is 74.8 Å². The summed E-state index contributed by atoms with van der Waals surface area (Å²) in [5, 5.41) is 20.6. The number of halogens is 2. The van der Waals surface area contributed by atoms with Crippen LogP contribution in [-0.4, -0.2) is 105 Å². The second kappa shape index (κ2) is 22.0. The molecular formula is C49H52Cl2N8O7S2. The number of aromatic nitrogens is 6. The highest BCUT2D eigenvalue weighted by Gasteiger charge is 2.35. The van der Waals surface area contributed by atoms with Crippen LogP contribution in [0.15, 0.2) is 58.5 Å². The number of aliphatic imine (C=N–C) groups is 2. The van der Waals surface area contributed by atoms with E-state index >= 15 is 0 Å². The van der Waals surface area contributed by atoms with E-state index in [2.05, 4.69) is 38.8 Å². The van der Waals surface area contributed by atoms with Crippen molar-refractivity contribution in [2.75, 3.05) is 46.8 Å². The first kappa shape index (κ1) is 49.2. The van der Waals surface area contributed by atoms with Crippen LogP contribution in [0, 0.1) is 34.6 Å². The van der Waals surface area contributed by atoms with Gasteiger partial charge >= 0.3 is 5.97 Å². The lowest BCUT2D eigenvalue weighted by atomic mass is 9.98. The molecule has 0 saturated heterocycles. The fourth-order valence-corrected chi connectivity index (χ4v) is 11.1. The first-order valence-corrected chi connectivity index (χ1v) is 24.8. The monoisotopic (exact) mass is 998 g/mol. The molecule has 68 heavy (non-hydrogen) atoms. The van der Waals surface area contributed by atoms with E-state index < -0.39 is 18.1 Å². The molecule has 356 valence electrons.